The maximum atomic E-state index is 14.2. The van der Waals surface area contributed by atoms with Crippen molar-refractivity contribution in [2.24, 2.45) is 5.16 Å². The molecule has 4 nitrogen and oxygen atoms in total. The van der Waals surface area contributed by atoms with E-state index in [9.17, 15) is 18.0 Å². The number of oxime groups is 1. The van der Waals surface area contributed by atoms with Gasteiger partial charge in [-0.25, -0.2) is 4.79 Å². The van der Waals surface area contributed by atoms with Gasteiger partial charge in [0.1, 0.15) is 11.1 Å². The van der Waals surface area contributed by atoms with Crippen LogP contribution in [-0.4, -0.2) is 30.3 Å². The quantitative estimate of drug-likeness (QED) is 0.419. The predicted octanol–water partition coefficient (Wildman–Crippen LogP) is 5.89. The summed E-state index contributed by atoms with van der Waals surface area (Å²) in [6.07, 6.45) is -4.93. The molecule has 0 amide bonds. The molecular formula is C19H13Cl3F3NO3. The third-order valence-electron chi connectivity index (χ3n) is 4.52. The molecule has 1 aliphatic heterocycles. The molecule has 29 heavy (non-hydrogen) atoms. The molecule has 3 rings (SSSR count). The highest BCUT2D eigenvalue weighted by atomic mass is 35.5. The van der Waals surface area contributed by atoms with Gasteiger partial charge in [0, 0.05) is 21.2 Å². The van der Waals surface area contributed by atoms with E-state index in [0.717, 1.165) is 12.1 Å². The number of ether oxygens (including phenoxy) is 1. The normalized spacial score (nSPS) is 21.5. The largest absolute Gasteiger partial charge is 0.465 e. The molecular weight excluding hydrogens is 454 g/mol. The van der Waals surface area contributed by atoms with Gasteiger partial charge in [-0.2, -0.15) is 13.2 Å². The van der Waals surface area contributed by atoms with E-state index < -0.39 is 23.1 Å². The Kier molecular flexibility index (Phi) is 5.77. The summed E-state index contributed by atoms with van der Waals surface area (Å²) in [6.45, 7) is 1.61. The lowest BCUT2D eigenvalue weighted by atomic mass is 9.85. The molecule has 0 aliphatic carbocycles. The number of hydrogen-bond donors (Lipinski definition) is 0. The van der Waals surface area contributed by atoms with E-state index in [4.69, 9.17) is 39.6 Å². The first-order valence-electron chi connectivity index (χ1n) is 8.14. The third-order valence-corrected chi connectivity index (χ3v) is 5.48. The smallest absolute Gasteiger partial charge is 0.437 e. The van der Waals surface area contributed by atoms with Gasteiger partial charge in [0.05, 0.1) is 12.7 Å². The fraction of sp³-hybridized carbons (Fsp3) is 0.263. The number of alkyl halides is 4. The molecule has 0 saturated carbocycles. The molecule has 2 aromatic carbocycles. The average Bonchev–Trinajstić information content (AvgIpc) is 2.98. The molecule has 1 aliphatic rings. The average molecular weight is 467 g/mol. The van der Waals surface area contributed by atoms with E-state index in [-0.39, 0.29) is 32.4 Å². The van der Waals surface area contributed by atoms with E-state index in [2.05, 4.69) is 9.89 Å². The first kappa shape index (κ1) is 21.7. The fourth-order valence-electron chi connectivity index (χ4n) is 3.09. The topological polar surface area (TPSA) is 47.9 Å². The lowest BCUT2D eigenvalue weighted by Crippen LogP contribution is -2.50. The molecule has 0 radical (unpaired) electrons. The van der Waals surface area contributed by atoms with Crippen molar-refractivity contribution in [2.75, 3.05) is 7.11 Å². The van der Waals surface area contributed by atoms with E-state index in [1.54, 1.807) is 6.92 Å². The van der Waals surface area contributed by atoms with Gasteiger partial charge in [-0.15, -0.1) is 11.6 Å². The Morgan fingerprint density at radius 2 is 1.79 bits per heavy atom. The summed E-state index contributed by atoms with van der Waals surface area (Å²) in [7, 11) is 1.23. The van der Waals surface area contributed by atoms with Crippen molar-refractivity contribution in [3.05, 3.63) is 68.7 Å². The minimum absolute atomic E-state index is 0.00434. The summed E-state index contributed by atoms with van der Waals surface area (Å²) < 4.78 is 47.2. The van der Waals surface area contributed by atoms with Crippen molar-refractivity contribution in [3.63, 3.8) is 0 Å². The predicted molar refractivity (Wildman–Crippen MR) is 104 cm³/mol. The van der Waals surface area contributed by atoms with Crippen molar-refractivity contribution < 1.29 is 27.5 Å². The summed E-state index contributed by atoms with van der Waals surface area (Å²) in [5, 5.41) is 1.90. The van der Waals surface area contributed by atoms with E-state index in [1.165, 1.54) is 31.4 Å². The maximum absolute atomic E-state index is 14.2. The molecule has 0 fully saturated rings. The van der Waals surface area contributed by atoms with Crippen molar-refractivity contribution >= 4 is 46.5 Å². The van der Waals surface area contributed by atoms with Gasteiger partial charge in [0.25, 0.3) is 5.60 Å². The Bertz CT molecular complexity index is 990. The number of nitrogens with zero attached hydrogens (tertiary/aromatic N) is 1. The highest BCUT2D eigenvalue weighted by Crippen LogP contribution is 2.51. The lowest BCUT2D eigenvalue weighted by Gasteiger charge is -2.32. The number of methoxy groups -OCH3 is 1. The summed E-state index contributed by atoms with van der Waals surface area (Å²) in [4.78, 5) is 16.7. The second kappa shape index (κ2) is 7.70. The number of aryl methyl sites for hydroxylation is 1. The summed E-state index contributed by atoms with van der Waals surface area (Å²) in [6, 6.07) is 7.80. The zero-order valence-electron chi connectivity index (χ0n) is 15.0. The zero-order chi connectivity index (χ0) is 21.6. The number of esters is 1. The Labute approximate surface area is 179 Å². The molecule has 0 spiro atoms. The molecule has 0 bridgehead atoms. The van der Waals surface area contributed by atoms with Gasteiger partial charge in [-0.3, -0.25) is 0 Å². The number of rotatable bonds is 3. The van der Waals surface area contributed by atoms with Crippen LogP contribution in [0.1, 0.15) is 27.0 Å². The maximum Gasteiger partial charge on any atom is 0.437 e. The van der Waals surface area contributed by atoms with Crippen LogP contribution in [0.15, 0.2) is 41.6 Å². The van der Waals surface area contributed by atoms with Crippen molar-refractivity contribution in [2.45, 2.75) is 24.1 Å². The fourth-order valence-corrected chi connectivity index (χ4v) is 4.08. The number of halogens is 6. The standard InChI is InChI=1S/C19H13Cl3F3NO3/c1-9-5-10(3-4-14(9)17(27)28-2)15-16(22)18(29-26-15,19(23,24)25)11-6-12(20)8-13(21)7-11/h3-8,16H,1-2H3. The van der Waals surface area contributed by atoms with Crippen LogP contribution >= 0.6 is 34.8 Å². The highest BCUT2D eigenvalue weighted by molar-refractivity contribution is 6.37. The van der Waals surface area contributed by atoms with Crippen LogP contribution in [0.3, 0.4) is 0 Å². The molecule has 2 unspecified atom stereocenters. The van der Waals surface area contributed by atoms with Gasteiger partial charge in [0.15, 0.2) is 0 Å². The minimum Gasteiger partial charge on any atom is -0.465 e. The van der Waals surface area contributed by atoms with Crippen LogP contribution in [0, 0.1) is 6.92 Å². The first-order chi connectivity index (χ1) is 13.5. The number of hydrogen-bond acceptors (Lipinski definition) is 4. The van der Waals surface area contributed by atoms with Crippen LogP contribution in [0.4, 0.5) is 13.2 Å². The van der Waals surface area contributed by atoms with Crippen LogP contribution in [-0.2, 0) is 15.2 Å². The van der Waals surface area contributed by atoms with Gasteiger partial charge < -0.3 is 9.57 Å². The van der Waals surface area contributed by atoms with Crippen LogP contribution in [0.2, 0.25) is 10.0 Å². The zero-order valence-corrected chi connectivity index (χ0v) is 17.2. The summed E-state index contributed by atoms with van der Waals surface area (Å²) >= 11 is 18.1. The van der Waals surface area contributed by atoms with Gasteiger partial charge in [-0.1, -0.05) is 34.4 Å². The first-order valence-corrected chi connectivity index (χ1v) is 9.33. The highest BCUT2D eigenvalue weighted by Gasteiger charge is 2.68. The molecule has 0 aromatic heterocycles. The van der Waals surface area contributed by atoms with E-state index >= 15 is 0 Å². The van der Waals surface area contributed by atoms with Crippen LogP contribution < -0.4 is 0 Å². The van der Waals surface area contributed by atoms with E-state index in [0.29, 0.717) is 5.56 Å². The number of carbonyl (C=O) groups excluding carboxylic acids is 1. The Balaban J connectivity index is 2.08. The van der Waals surface area contributed by atoms with Crippen molar-refractivity contribution in [3.8, 4) is 0 Å². The number of carbonyl (C=O) groups is 1. The monoisotopic (exact) mass is 465 g/mol. The lowest BCUT2D eigenvalue weighted by molar-refractivity contribution is -0.274. The van der Waals surface area contributed by atoms with Gasteiger partial charge in [-0.05, 0) is 42.8 Å². The van der Waals surface area contributed by atoms with Crippen molar-refractivity contribution in [1.29, 1.82) is 0 Å². The molecule has 0 N–H and O–H groups in total. The van der Waals surface area contributed by atoms with Gasteiger partial charge in [0.2, 0.25) is 0 Å². The van der Waals surface area contributed by atoms with Crippen LogP contribution in [0.5, 0.6) is 0 Å². The second-order valence-corrected chi connectivity index (χ2v) is 7.65. The summed E-state index contributed by atoms with van der Waals surface area (Å²) in [5.74, 6) is -0.570. The minimum atomic E-state index is -4.93. The molecule has 2 atom stereocenters. The number of benzene rings is 2. The Hall–Kier alpha value is -1.96. The Morgan fingerprint density at radius 3 is 2.31 bits per heavy atom. The molecule has 2 aromatic rings. The van der Waals surface area contributed by atoms with E-state index in [1.807, 2.05) is 0 Å². The van der Waals surface area contributed by atoms with Crippen LogP contribution in [0.25, 0.3) is 0 Å². The molecule has 1 heterocycles. The third kappa shape index (κ3) is 3.67. The Morgan fingerprint density at radius 1 is 1.17 bits per heavy atom. The van der Waals surface area contributed by atoms with Crippen molar-refractivity contribution in [1.82, 2.24) is 0 Å². The molecule has 154 valence electrons. The molecule has 10 heteroatoms. The summed E-state index contributed by atoms with van der Waals surface area (Å²) in [5.41, 5.74) is -2.46. The molecule has 0 saturated heterocycles. The van der Waals surface area contributed by atoms with Gasteiger partial charge >= 0.3 is 12.1 Å². The second-order valence-electron chi connectivity index (χ2n) is 6.34. The SMILES string of the molecule is COC(=O)c1ccc(C2=NOC(c3cc(Cl)cc(Cl)c3)(C(F)(F)F)C2Cl)cc1C.